The van der Waals surface area contributed by atoms with Gasteiger partial charge >= 0.3 is 0 Å². The zero-order chi connectivity index (χ0) is 20.8. The summed E-state index contributed by atoms with van der Waals surface area (Å²) in [7, 11) is 0. The molecule has 168 valence electrons. The van der Waals surface area contributed by atoms with Gasteiger partial charge in [-0.3, -0.25) is 0 Å². The molecule has 1 rings (SSSR count). The number of unbranched alkanes of at least 4 members (excludes halogenated alkanes) is 17. The average Bonchev–Trinajstić information content (AvgIpc) is 2.74. The summed E-state index contributed by atoms with van der Waals surface area (Å²) in [5.41, 5.74) is 1.51. The molecular formula is C28H52N+. The van der Waals surface area contributed by atoms with Gasteiger partial charge in [-0.05, 0) is 25.3 Å². The van der Waals surface area contributed by atoms with Crippen LogP contribution in [0.5, 0.6) is 0 Å². The van der Waals surface area contributed by atoms with E-state index in [1.807, 2.05) is 0 Å². The highest BCUT2D eigenvalue weighted by Gasteiger charge is 2.03. The summed E-state index contributed by atoms with van der Waals surface area (Å²) in [6, 6.07) is 4.52. The largest absolute Gasteiger partial charge is 0.205 e. The van der Waals surface area contributed by atoms with Crippen LogP contribution in [-0.2, 0) is 13.0 Å². The molecule has 29 heavy (non-hydrogen) atoms. The third kappa shape index (κ3) is 16.6. The van der Waals surface area contributed by atoms with Gasteiger partial charge in [0.2, 0.25) is 0 Å². The van der Waals surface area contributed by atoms with Crippen LogP contribution in [0, 0.1) is 0 Å². The third-order valence-corrected chi connectivity index (χ3v) is 6.26. The Morgan fingerprint density at radius 2 is 1.00 bits per heavy atom. The number of hydrogen-bond donors (Lipinski definition) is 0. The topological polar surface area (TPSA) is 3.88 Å². The maximum Gasteiger partial charge on any atom is 0.171 e. The van der Waals surface area contributed by atoms with Crippen LogP contribution in [0.25, 0.3) is 0 Å². The summed E-state index contributed by atoms with van der Waals surface area (Å²) in [4.78, 5) is 0. The van der Waals surface area contributed by atoms with Crippen molar-refractivity contribution >= 4 is 0 Å². The molecule has 0 saturated heterocycles. The maximum absolute atomic E-state index is 2.41. The highest BCUT2D eigenvalue weighted by Crippen LogP contribution is 2.13. The van der Waals surface area contributed by atoms with Crippen molar-refractivity contribution < 1.29 is 4.57 Å². The van der Waals surface area contributed by atoms with Crippen molar-refractivity contribution in [2.24, 2.45) is 0 Å². The Morgan fingerprint density at radius 1 is 0.552 bits per heavy atom. The minimum absolute atomic E-state index is 1.19. The molecular weight excluding hydrogens is 350 g/mol. The monoisotopic (exact) mass is 402 g/mol. The van der Waals surface area contributed by atoms with Gasteiger partial charge in [0.25, 0.3) is 0 Å². The molecule has 1 nitrogen and oxygen atoms in total. The number of nitrogens with zero attached hydrogens (tertiary/aromatic N) is 1. The number of rotatable bonds is 21. The summed E-state index contributed by atoms with van der Waals surface area (Å²) >= 11 is 0. The molecule has 0 aliphatic rings. The molecule has 0 atom stereocenters. The molecule has 1 aromatic heterocycles. The van der Waals surface area contributed by atoms with Crippen LogP contribution < -0.4 is 4.57 Å². The minimum atomic E-state index is 1.19. The summed E-state index contributed by atoms with van der Waals surface area (Å²) in [6.45, 7) is 5.77. The van der Waals surface area contributed by atoms with E-state index in [0.717, 1.165) is 0 Å². The van der Waals surface area contributed by atoms with Gasteiger partial charge < -0.3 is 0 Å². The van der Waals surface area contributed by atoms with E-state index in [9.17, 15) is 0 Å². The second-order valence-corrected chi connectivity index (χ2v) is 9.21. The van der Waals surface area contributed by atoms with Crippen LogP contribution in [0.15, 0.2) is 24.5 Å². The first kappa shape index (κ1) is 26.2. The molecule has 0 saturated carbocycles. The van der Waals surface area contributed by atoms with Crippen molar-refractivity contribution in [1.29, 1.82) is 0 Å². The Hall–Kier alpha value is -0.850. The van der Waals surface area contributed by atoms with Crippen molar-refractivity contribution in [1.82, 2.24) is 0 Å². The SMILES string of the molecule is CCCCCCCCCCCCCCCCCC[n+]1cccc(CCCCC)c1. The third-order valence-electron chi connectivity index (χ3n) is 6.26. The van der Waals surface area contributed by atoms with Gasteiger partial charge in [-0.2, -0.15) is 0 Å². The lowest BCUT2D eigenvalue weighted by Crippen LogP contribution is -2.33. The van der Waals surface area contributed by atoms with E-state index in [1.165, 1.54) is 141 Å². The lowest BCUT2D eigenvalue weighted by atomic mass is 10.0. The number of aromatic nitrogens is 1. The molecule has 1 heterocycles. The molecule has 1 heteroatoms. The van der Waals surface area contributed by atoms with Gasteiger partial charge in [0.15, 0.2) is 12.4 Å². The predicted octanol–water partition coefficient (Wildman–Crippen LogP) is 8.97. The quantitative estimate of drug-likeness (QED) is 0.143. The lowest BCUT2D eigenvalue weighted by molar-refractivity contribution is -0.697. The fraction of sp³-hybridized carbons (Fsp3) is 0.821. The Kier molecular flexibility index (Phi) is 18.4. The van der Waals surface area contributed by atoms with Crippen LogP contribution in [0.1, 0.15) is 141 Å². The zero-order valence-corrected chi connectivity index (χ0v) is 20.1. The first-order chi connectivity index (χ1) is 14.4. The van der Waals surface area contributed by atoms with E-state index in [1.54, 1.807) is 0 Å². The first-order valence-corrected chi connectivity index (χ1v) is 13.3. The molecule has 0 amide bonds. The fourth-order valence-corrected chi connectivity index (χ4v) is 4.28. The Morgan fingerprint density at radius 3 is 1.52 bits per heavy atom. The van der Waals surface area contributed by atoms with Crippen molar-refractivity contribution in [2.75, 3.05) is 0 Å². The standard InChI is InChI=1S/C28H52N/c1-3-5-7-8-9-10-11-12-13-14-15-16-17-18-19-21-25-29-26-22-24-28(27-29)23-20-6-4-2/h22,24,26-27H,3-21,23,25H2,1-2H3/q+1. The highest BCUT2D eigenvalue weighted by molar-refractivity contribution is 5.05. The highest BCUT2D eigenvalue weighted by atomic mass is 14.9. The van der Waals surface area contributed by atoms with Crippen LogP contribution in [0.4, 0.5) is 0 Å². The number of pyridine rings is 1. The summed E-state index contributed by atoms with van der Waals surface area (Å²) in [5, 5.41) is 0. The van der Waals surface area contributed by atoms with Gasteiger partial charge in [0, 0.05) is 18.1 Å². The van der Waals surface area contributed by atoms with E-state index in [4.69, 9.17) is 0 Å². The normalized spacial score (nSPS) is 11.2. The van der Waals surface area contributed by atoms with Crippen LogP contribution in [-0.4, -0.2) is 0 Å². The second-order valence-electron chi connectivity index (χ2n) is 9.21. The Bertz CT molecular complexity index is 453. The van der Waals surface area contributed by atoms with Gasteiger partial charge in [-0.25, -0.2) is 4.57 Å². The number of hydrogen-bond acceptors (Lipinski definition) is 0. The summed E-state index contributed by atoms with van der Waals surface area (Å²) in [5.74, 6) is 0. The summed E-state index contributed by atoms with van der Waals surface area (Å²) in [6.07, 6.45) is 33.0. The van der Waals surface area contributed by atoms with E-state index in [-0.39, 0.29) is 0 Å². The molecule has 1 aromatic rings. The molecule has 0 bridgehead atoms. The molecule has 0 aliphatic heterocycles. The fourth-order valence-electron chi connectivity index (χ4n) is 4.28. The molecule has 0 aromatic carbocycles. The van der Waals surface area contributed by atoms with E-state index < -0.39 is 0 Å². The molecule has 0 N–H and O–H groups in total. The van der Waals surface area contributed by atoms with Crippen LogP contribution in [0.3, 0.4) is 0 Å². The van der Waals surface area contributed by atoms with Crippen molar-refractivity contribution in [2.45, 2.75) is 149 Å². The number of aryl methyl sites for hydroxylation is 2. The maximum atomic E-state index is 2.41. The van der Waals surface area contributed by atoms with E-state index in [0.29, 0.717) is 0 Å². The van der Waals surface area contributed by atoms with Gasteiger partial charge in [0.1, 0.15) is 6.54 Å². The predicted molar refractivity (Wildman–Crippen MR) is 129 cm³/mol. The molecule has 0 aliphatic carbocycles. The van der Waals surface area contributed by atoms with Crippen LogP contribution >= 0.6 is 0 Å². The van der Waals surface area contributed by atoms with Crippen molar-refractivity contribution in [3.63, 3.8) is 0 Å². The van der Waals surface area contributed by atoms with Gasteiger partial charge in [-0.1, -0.05) is 117 Å². The van der Waals surface area contributed by atoms with Gasteiger partial charge in [0.05, 0.1) is 0 Å². The Balaban J connectivity index is 1.85. The van der Waals surface area contributed by atoms with Crippen molar-refractivity contribution in [3.05, 3.63) is 30.1 Å². The molecule has 0 spiro atoms. The van der Waals surface area contributed by atoms with Crippen LogP contribution in [0.2, 0.25) is 0 Å². The summed E-state index contributed by atoms with van der Waals surface area (Å²) < 4.78 is 2.41. The lowest BCUT2D eigenvalue weighted by Gasteiger charge is -2.03. The first-order valence-electron chi connectivity index (χ1n) is 13.3. The van der Waals surface area contributed by atoms with E-state index >= 15 is 0 Å². The smallest absolute Gasteiger partial charge is 0.171 e. The molecule has 0 unspecified atom stereocenters. The molecule has 0 radical (unpaired) electrons. The van der Waals surface area contributed by atoms with E-state index in [2.05, 4.69) is 42.9 Å². The Labute approximate surface area is 183 Å². The average molecular weight is 403 g/mol. The second kappa shape index (κ2) is 20.4. The zero-order valence-electron chi connectivity index (χ0n) is 20.1. The molecule has 0 fully saturated rings. The minimum Gasteiger partial charge on any atom is -0.205 e. The van der Waals surface area contributed by atoms with Gasteiger partial charge in [-0.15, -0.1) is 0 Å². The van der Waals surface area contributed by atoms with Crippen molar-refractivity contribution in [3.8, 4) is 0 Å².